The molecule has 0 radical (unpaired) electrons. The SMILES string of the molecule is Cc1c(Nc2nc3ccccc3s2)nnc2c1CCCN2c1nc(C(=O)O)c(CCCOc2ccc(C#CC[N+](C)(C)Cc3ccc(NC(=O)[C@H](CCCNC(N)=O)NC(=O)[C@@H](NC(=O)CCOCCN4C(=O)C=CC4=O)C(C)C)cc3CN(C)C(=O)CN(CC(=O)O)CC(=O)O)cc2F)s1. The fourth-order valence-corrected chi connectivity index (χ4v) is 13.0. The molecule has 33 heteroatoms. The third-order valence-electron chi connectivity index (χ3n) is 16.2. The zero-order valence-electron chi connectivity index (χ0n) is 56.6. The molecule has 101 heavy (non-hydrogen) atoms. The molecule has 0 bridgehead atoms. The Kier molecular flexibility index (Phi) is 26.8. The molecule has 0 aliphatic carbocycles. The van der Waals surface area contributed by atoms with Gasteiger partial charge in [-0.1, -0.05) is 49.3 Å². The van der Waals surface area contributed by atoms with Crippen LogP contribution in [0.4, 0.5) is 36.8 Å². The van der Waals surface area contributed by atoms with Crippen LogP contribution in [-0.2, 0) is 69.0 Å². The maximum absolute atomic E-state index is 15.7. The minimum atomic E-state index is -1.35. The number of aliphatic carboxylic acids is 2. The number of carbonyl (C=O) groups is 10. The lowest BCUT2D eigenvalue weighted by molar-refractivity contribution is -0.896. The number of nitrogens with one attached hydrogen (secondary N) is 5. The first-order valence-corrected chi connectivity index (χ1v) is 34.0. The van der Waals surface area contributed by atoms with Gasteiger partial charge in [-0.3, -0.25) is 48.2 Å². The van der Waals surface area contributed by atoms with Crippen LogP contribution in [0.2, 0.25) is 0 Å². The van der Waals surface area contributed by atoms with Crippen molar-refractivity contribution in [3.05, 3.63) is 117 Å². The summed E-state index contributed by atoms with van der Waals surface area (Å²) in [7, 11) is 5.21. The number of aromatic carboxylic acids is 1. The smallest absolute Gasteiger partial charge is 0.355 e. The van der Waals surface area contributed by atoms with Crippen LogP contribution in [0.3, 0.4) is 0 Å². The van der Waals surface area contributed by atoms with E-state index in [0.717, 1.165) is 56.1 Å². The average Bonchev–Trinajstić information content (AvgIpc) is 1.75. The number of carboxylic acid groups (broad SMARTS) is 3. The molecule has 10 N–H and O–H groups in total. The molecule has 5 heterocycles. The third-order valence-corrected chi connectivity index (χ3v) is 18.3. The number of halogens is 1. The van der Waals surface area contributed by atoms with Gasteiger partial charge in [0, 0.05) is 78.1 Å². The number of fused-ring (bicyclic) bond motifs is 2. The number of carboxylic acids is 3. The average molecular weight is 1430 g/mol. The Labute approximate surface area is 589 Å². The lowest BCUT2D eigenvalue weighted by Crippen LogP contribution is -2.54. The predicted molar refractivity (Wildman–Crippen MR) is 372 cm³/mol. The lowest BCUT2D eigenvalue weighted by atomic mass is 10.0. The number of aromatic nitrogens is 4. The molecular weight excluding hydrogens is 1350 g/mol. The van der Waals surface area contributed by atoms with E-state index in [1.165, 1.54) is 46.8 Å². The standard InChI is InChI=1S/C68H80FN15O15S2/c1-40(2)59(75-53(85)25-31-98-32-28-82-54(86)23-24-55(82)87)64(94)73-49(16-9-26-71-66(70)97)63(93)72-45-21-20-43(44(34-45)35-80(4)56(88)36-81(37-57(89)90)38-58(91)92)39-84(5,6)29-11-13-42-19-22-50(47(69)33-42)99-30-12-18-52-60(65(95)96)76-68(101-52)83-27-10-14-46-41(3)61(78-79-62(46)83)77-67-74-48-15-7-8-17-51(48)100-67/h7-8,15,17,19-24,33-34,40,49,59H,9-10,12,14,16,18,25-32,35-39H2,1-6H3,(H9-,70,71,72,73,74,75,77,78,85,89,90,91,92,93,94,95,96,97)/p+1/t49-,59-/m0/s1. The van der Waals surface area contributed by atoms with Crippen LogP contribution in [0, 0.1) is 30.5 Å². The first-order chi connectivity index (χ1) is 48.1. The Morgan fingerprint density at radius 1 is 0.861 bits per heavy atom. The Morgan fingerprint density at radius 2 is 1.60 bits per heavy atom. The fraction of sp³-hybridized carbons (Fsp3) is 0.412. The molecular formula is C68H81FN15O15S2+. The van der Waals surface area contributed by atoms with Crippen molar-refractivity contribution in [2.24, 2.45) is 11.7 Å². The largest absolute Gasteiger partial charge is 0.491 e. The number of carbonyl (C=O) groups excluding carboxylic acids is 7. The number of aryl methyl sites for hydroxylation is 1. The minimum Gasteiger partial charge on any atom is -0.491 e. The van der Waals surface area contributed by atoms with Crippen LogP contribution in [0.15, 0.2) is 72.8 Å². The monoisotopic (exact) mass is 1430 g/mol. The first kappa shape index (κ1) is 76.2. The number of hydrogen-bond donors (Lipinski definition) is 9. The number of amides is 8. The predicted octanol–water partition coefficient (Wildman–Crippen LogP) is 4.93. The van der Waals surface area contributed by atoms with Gasteiger partial charge in [0.2, 0.25) is 23.6 Å². The molecule has 2 aliphatic rings. The van der Waals surface area contributed by atoms with Crippen molar-refractivity contribution in [3.8, 4) is 17.6 Å². The highest BCUT2D eigenvalue weighted by molar-refractivity contribution is 7.22. The van der Waals surface area contributed by atoms with Crippen molar-refractivity contribution in [3.63, 3.8) is 0 Å². The Bertz CT molecular complexity index is 4120. The van der Waals surface area contributed by atoms with Crippen molar-refractivity contribution in [2.45, 2.75) is 90.9 Å². The molecule has 0 saturated carbocycles. The molecule has 0 spiro atoms. The third kappa shape index (κ3) is 22.0. The summed E-state index contributed by atoms with van der Waals surface area (Å²) in [5.41, 5.74) is 9.71. The summed E-state index contributed by atoms with van der Waals surface area (Å²) in [4.78, 5) is 141. The zero-order valence-corrected chi connectivity index (χ0v) is 58.3. The highest BCUT2D eigenvalue weighted by atomic mass is 32.1. The summed E-state index contributed by atoms with van der Waals surface area (Å²) < 4.78 is 28.2. The van der Waals surface area contributed by atoms with Crippen molar-refractivity contribution < 1.29 is 81.6 Å². The number of anilines is 5. The number of imide groups is 1. The van der Waals surface area contributed by atoms with Crippen LogP contribution >= 0.6 is 22.7 Å². The van der Waals surface area contributed by atoms with E-state index in [1.807, 2.05) is 50.2 Å². The maximum Gasteiger partial charge on any atom is 0.355 e. The first-order valence-electron chi connectivity index (χ1n) is 32.4. The van der Waals surface area contributed by atoms with E-state index in [1.54, 1.807) is 38.1 Å². The number of nitrogens with two attached hydrogens (primary N) is 1. The van der Waals surface area contributed by atoms with E-state index in [2.05, 4.69) is 58.6 Å². The molecule has 8 amide bonds. The highest BCUT2D eigenvalue weighted by Gasteiger charge is 2.32. The molecule has 0 fully saturated rings. The van der Waals surface area contributed by atoms with E-state index in [4.69, 9.17) is 15.2 Å². The number of rotatable bonds is 36. The van der Waals surface area contributed by atoms with Crippen LogP contribution in [0.25, 0.3) is 10.2 Å². The molecule has 3 aromatic heterocycles. The maximum atomic E-state index is 15.7. The molecule has 0 saturated heterocycles. The van der Waals surface area contributed by atoms with Gasteiger partial charge in [-0.2, -0.15) is 0 Å². The molecule has 30 nitrogen and oxygen atoms in total. The molecule has 8 rings (SSSR count). The molecule has 2 aliphatic heterocycles. The Balaban J connectivity index is 0.902. The number of quaternary nitrogens is 1. The van der Waals surface area contributed by atoms with Gasteiger partial charge >= 0.3 is 23.9 Å². The van der Waals surface area contributed by atoms with Crippen LogP contribution in [0.5, 0.6) is 5.75 Å². The number of hydrogen-bond acceptors (Lipinski definition) is 21. The van der Waals surface area contributed by atoms with Gasteiger partial charge in [-0.15, -0.1) is 21.5 Å². The second-order valence-corrected chi connectivity index (χ2v) is 27.1. The number of thiazole rings is 2. The highest BCUT2D eigenvalue weighted by Crippen LogP contribution is 2.39. The second-order valence-electron chi connectivity index (χ2n) is 25.0. The Morgan fingerprint density at radius 3 is 2.30 bits per heavy atom. The summed E-state index contributed by atoms with van der Waals surface area (Å²) in [6.45, 7) is 4.22. The van der Waals surface area contributed by atoms with Crippen molar-refractivity contribution in [2.75, 3.05) is 102 Å². The van der Waals surface area contributed by atoms with Gasteiger partial charge < -0.3 is 71.4 Å². The lowest BCUT2D eigenvalue weighted by Gasteiger charge is -2.30. The van der Waals surface area contributed by atoms with Gasteiger partial charge in [0.05, 0.1) is 70.3 Å². The molecule has 536 valence electrons. The number of benzene rings is 3. The molecule has 0 unspecified atom stereocenters. The second kappa shape index (κ2) is 35.5. The molecule has 3 aromatic carbocycles. The van der Waals surface area contributed by atoms with Crippen LogP contribution in [0.1, 0.15) is 89.1 Å². The number of likely N-dealkylation sites (N-methyl/N-ethyl adjacent to an activating group) is 1. The van der Waals surface area contributed by atoms with E-state index >= 15 is 4.39 Å². The zero-order chi connectivity index (χ0) is 73.1. The molecule has 2 atom stereocenters. The van der Waals surface area contributed by atoms with Gasteiger partial charge in [0.15, 0.2) is 39.2 Å². The van der Waals surface area contributed by atoms with Gasteiger partial charge in [0.1, 0.15) is 25.2 Å². The molecule has 6 aromatic rings. The van der Waals surface area contributed by atoms with Crippen molar-refractivity contribution in [1.29, 1.82) is 0 Å². The minimum absolute atomic E-state index is 0.0133. The van der Waals surface area contributed by atoms with Crippen LogP contribution < -0.4 is 42.0 Å². The normalized spacial score (nSPS) is 13.3. The summed E-state index contributed by atoms with van der Waals surface area (Å²) in [5.74, 6) is -1.23. The Hall–Kier alpha value is -10.5. The fourth-order valence-electron chi connectivity index (χ4n) is 11.0. The van der Waals surface area contributed by atoms with Gasteiger partial charge in [0.25, 0.3) is 11.8 Å². The number of primary amides is 1. The van der Waals surface area contributed by atoms with Gasteiger partial charge in [-0.05, 0) is 105 Å². The number of ether oxygens (including phenoxy) is 2. The van der Waals surface area contributed by atoms with E-state index < -0.39 is 103 Å². The summed E-state index contributed by atoms with van der Waals surface area (Å²) in [5, 5.41) is 53.4. The number of nitrogens with zero attached hydrogens (tertiary/aromatic N) is 9. The summed E-state index contributed by atoms with van der Waals surface area (Å²) in [6.07, 6.45) is 4.42. The summed E-state index contributed by atoms with van der Waals surface area (Å²) in [6, 6.07) is 13.9. The summed E-state index contributed by atoms with van der Waals surface area (Å²) >= 11 is 2.76. The van der Waals surface area contributed by atoms with Crippen molar-refractivity contribution >= 4 is 120 Å². The quantitative estimate of drug-likeness (QED) is 0.0109. The number of urea groups is 1. The van der Waals surface area contributed by atoms with Crippen LogP contribution in [-0.4, -0.2) is 213 Å². The number of para-hydroxylation sites is 1. The van der Waals surface area contributed by atoms with E-state index in [0.29, 0.717) is 56.4 Å². The van der Waals surface area contributed by atoms with E-state index in [9.17, 15) is 63.3 Å². The topological polar surface area (TPSA) is 401 Å². The van der Waals surface area contributed by atoms with Crippen molar-refractivity contribution in [1.82, 2.24) is 50.8 Å². The van der Waals surface area contributed by atoms with E-state index in [-0.39, 0.29) is 99.8 Å². The van der Waals surface area contributed by atoms with Gasteiger partial charge in [-0.25, -0.2) is 23.9 Å².